The van der Waals surface area contributed by atoms with Crippen molar-refractivity contribution < 1.29 is 13.6 Å². The molecule has 0 bridgehead atoms. The van der Waals surface area contributed by atoms with Crippen molar-refractivity contribution in [2.75, 3.05) is 11.6 Å². The highest BCUT2D eigenvalue weighted by atomic mass is 35.5. The maximum Gasteiger partial charge on any atom is 0.257 e. The van der Waals surface area contributed by atoms with Crippen molar-refractivity contribution in [1.29, 1.82) is 0 Å². The second kappa shape index (κ2) is 6.24. The molecule has 0 saturated carbocycles. The van der Waals surface area contributed by atoms with Gasteiger partial charge in [-0.05, 0) is 36.6 Å². The van der Waals surface area contributed by atoms with Crippen molar-refractivity contribution in [1.82, 2.24) is 0 Å². The molecule has 0 saturated heterocycles. The number of nitrogens with one attached hydrogen (secondary N) is 1. The molecule has 104 valence electrons. The third kappa shape index (κ3) is 3.29. The molecule has 0 aliphatic carbocycles. The van der Waals surface area contributed by atoms with Crippen LogP contribution in [0.5, 0.6) is 0 Å². The van der Waals surface area contributed by atoms with Crippen LogP contribution in [-0.2, 0) is 0 Å². The van der Waals surface area contributed by atoms with Crippen LogP contribution in [0.15, 0.2) is 41.3 Å². The molecule has 0 heterocycles. The normalized spacial score (nSPS) is 10.4. The fourth-order valence-corrected chi connectivity index (χ4v) is 2.22. The van der Waals surface area contributed by atoms with Gasteiger partial charge in [0.1, 0.15) is 0 Å². The first kappa shape index (κ1) is 14.8. The summed E-state index contributed by atoms with van der Waals surface area (Å²) in [7, 11) is 0. The zero-order valence-corrected chi connectivity index (χ0v) is 12.0. The summed E-state index contributed by atoms with van der Waals surface area (Å²) in [6.45, 7) is 0. The topological polar surface area (TPSA) is 29.1 Å². The van der Waals surface area contributed by atoms with E-state index in [1.54, 1.807) is 18.2 Å². The van der Waals surface area contributed by atoms with Gasteiger partial charge in [-0.3, -0.25) is 4.79 Å². The van der Waals surface area contributed by atoms with Crippen LogP contribution in [0.3, 0.4) is 0 Å². The Morgan fingerprint density at radius 2 is 1.90 bits per heavy atom. The second-order valence-corrected chi connectivity index (χ2v) is 5.22. The molecule has 0 fully saturated rings. The van der Waals surface area contributed by atoms with Crippen LogP contribution < -0.4 is 5.32 Å². The lowest BCUT2D eigenvalue weighted by molar-refractivity contribution is 0.102. The molecule has 0 aromatic heterocycles. The largest absolute Gasteiger partial charge is 0.322 e. The number of carbonyl (C=O) groups excluding carboxylic acids is 1. The average molecular weight is 314 g/mol. The Morgan fingerprint density at radius 1 is 1.15 bits per heavy atom. The van der Waals surface area contributed by atoms with Crippen molar-refractivity contribution in [3.8, 4) is 0 Å². The Kier molecular flexibility index (Phi) is 4.62. The van der Waals surface area contributed by atoms with E-state index in [0.29, 0.717) is 5.02 Å². The van der Waals surface area contributed by atoms with Gasteiger partial charge in [0, 0.05) is 16.6 Å². The molecule has 0 atom stereocenters. The maximum atomic E-state index is 13.1. The highest BCUT2D eigenvalue weighted by Crippen LogP contribution is 2.24. The number of hydrogen-bond donors (Lipinski definition) is 1. The molecular weight excluding hydrogens is 304 g/mol. The maximum absolute atomic E-state index is 13.1. The van der Waals surface area contributed by atoms with Gasteiger partial charge in [-0.25, -0.2) is 8.78 Å². The lowest BCUT2D eigenvalue weighted by atomic mass is 10.2. The molecule has 0 aliphatic rings. The van der Waals surface area contributed by atoms with Crippen molar-refractivity contribution in [3.05, 3.63) is 58.6 Å². The van der Waals surface area contributed by atoms with Crippen LogP contribution >= 0.6 is 23.4 Å². The van der Waals surface area contributed by atoms with E-state index >= 15 is 0 Å². The Morgan fingerprint density at radius 3 is 2.55 bits per heavy atom. The highest BCUT2D eigenvalue weighted by molar-refractivity contribution is 7.98. The van der Waals surface area contributed by atoms with Gasteiger partial charge in [-0.1, -0.05) is 11.6 Å². The number of benzene rings is 2. The van der Waals surface area contributed by atoms with E-state index in [4.69, 9.17) is 11.6 Å². The summed E-state index contributed by atoms with van der Waals surface area (Å²) in [5, 5.41) is 2.77. The molecule has 2 aromatic carbocycles. The van der Waals surface area contributed by atoms with Crippen LogP contribution in [-0.4, -0.2) is 12.2 Å². The lowest BCUT2D eigenvalue weighted by Gasteiger charge is -2.08. The predicted octanol–water partition coefficient (Wildman–Crippen LogP) is 4.59. The SMILES string of the molecule is CSc1ccc(Cl)c(C(=O)Nc2ccc(F)c(F)c2)c1. The molecule has 2 nitrogen and oxygen atoms in total. The van der Waals surface area contributed by atoms with Gasteiger partial charge in [0.2, 0.25) is 0 Å². The monoisotopic (exact) mass is 313 g/mol. The molecule has 0 radical (unpaired) electrons. The summed E-state index contributed by atoms with van der Waals surface area (Å²) in [4.78, 5) is 13.0. The van der Waals surface area contributed by atoms with Crippen LogP contribution in [0, 0.1) is 11.6 Å². The minimum absolute atomic E-state index is 0.166. The number of carbonyl (C=O) groups is 1. The molecule has 1 amide bonds. The first-order valence-electron chi connectivity index (χ1n) is 5.61. The lowest BCUT2D eigenvalue weighted by Crippen LogP contribution is -2.12. The van der Waals surface area contributed by atoms with Crippen LogP contribution in [0.2, 0.25) is 5.02 Å². The first-order valence-corrected chi connectivity index (χ1v) is 7.21. The molecule has 2 aromatic rings. The molecule has 0 aliphatic heterocycles. The van der Waals surface area contributed by atoms with E-state index < -0.39 is 17.5 Å². The third-order valence-corrected chi connectivity index (χ3v) is 3.65. The molecule has 20 heavy (non-hydrogen) atoms. The van der Waals surface area contributed by atoms with Crippen molar-refractivity contribution in [2.24, 2.45) is 0 Å². The van der Waals surface area contributed by atoms with Crippen LogP contribution in [0.25, 0.3) is 0 Å². The summed E-state index contributed by atoms with van der Waals surface area (Å²) >= 11 is 7.44. The zero-order chi connectivity index (χ0) is 14.7. The summed E-state index contributed by atoms with van der Waals surface area (Å²) in [6.07, 6.45) is 1.88. The van der Waals surface area contributed by atoms with E-state index in [1.165, 1.54) is 17.8 Å². The van der Waals surface area contributed by atoms with Gasteiger partial charge in [0.15, 0.2) is 11.6 Å². The average Bonchev–Trinajstić information content (AvgIpc) is 2.43. The Hall–Kier alpha value is -1.59. The number of anilines is 1. The van der Waals surface area contributed by atoms with Crippen molar-refractivity contribution >= 4 is 35.0 Å². The van der Waals surface area contributed by atoms with Crippen LogP contribution in [0.4, 0.5) is 14.5 Å². The van der Waals surface area contributed by atoms with E-state index in [9.17, 15) is 13.6 Å². The summed E-state index contributed by atoms with van der Waals surface area (Å²) in [5.41, 5.74) is 0.447. The van der Waals surface area contributed by atoms with Crippen molar-refractivity contribution in [3.63, 3.8) is 0 Å². The molecule has 2 rings (SSSR count). The van der Waals surface area contributed by atoms with Gasteiger partial charge < -0.3 is 5.32 Å². The second-order valence-electron chi connectivity index (χ2n) is 3.93. The fourth-order valence-electron chi connectivity index (χ4n) is 1.58. The predicted molar refractivity (Wildman–Crippen MR) is 77.5 cm³/mol. The fraction of sp³-hybridized carbons (Fsp3) is 0.0714. The number of thioether (sulfide) groups is 1. The Bertz CT molecular complexity index is 664. The number of hydrogen-bond acceptors (Lipinski definition) is 2. The van der Waals surface area contributed by atoms with E-state index in [-0.39, 0.29) is 11.3 Å². The zero-order valence-electron chi connectivity index (χ0n) is 10.4. The van der Waals surface area contributed by atoms with Gasteiger partial charge in [0.05, 0.1) is 10.6 Å². The highest BCUT2D eigenvalue weighted by Gasteiger charge is 2.12. The van der Waals surface area contributed by atoms with E-state index in [1.807, 2.05) is 6.26 Å². The molecule has 0 spiro atoms. The Balaban J connectivity index is 2.25. The van der Waals surface area contributed by atoms with Gasteiger partial charge in [-0.15, -0.1) is 11.8 Å². The van der Waals surface area contributed by atoms with Gasteiger partial charge in [0.25, 0.3) is 5.91 Å². The molecule has 0 unspecified atom stereocenters. The van der Waals surface area contributed by atoms with Crippen molar-refractivity contribution in [2.45, 2.75) is 4.90 Å². The summed E-state index contributed by atoms with van der Waals surface area (Å²) < 4.78 is 25.9. The standard InChI is InChI=1S/C14H10ClF2NOS/c1-20-9-3-4-11(15)10(7-9)14(19)18-8-2-5-12(16)13(17)6-8/h2-7H,1H3,(H,18,19). The number of halogens is 3. The first-order chi connectivity index (χ1) is 9.51. The molecule has 1 N–H and O–H groups in total. The smallest absolute Gasteiger partial charge is 0.257 e. The third-order valence-electron chi connectivity index (χ3n) is 2.60. The molecular formula is C14H10ClF2NOS. The Labute approximate surface area is 124 Å². The van der Waals surface area contributed by atoms with Gasteiger partial charge in [-0.2, -0.15) is 0 Å². The summed E-state index contributed by atoms with van der Waals surface area (Å²) in [5.74, 6) is -2.46. The number of amides is 1. The quantitative estimate of drug-likeness (QED) is 0.840. The van der Waals surface area contributed by atoms with Gasteiger partial charge >= 0.3 is 0 Å². The minimum Gasteiger partial charge on any atom is -0.322 e. The number of rotatable bonds is 3. The molecule has 6 heteroatoms. The van der Waals surface area contributed by atoms with E-state index in [2.05, 4.69) is 5.32 Å². The minimum atomic E-state index is -1.02. The van der Waals surface area contributed by atoms with Crippen LogP contribution in [0.1, 0.15) is 10.4 Å². The van der Waals surface area contributed by atoms with E-state index in [0.717, 1.165) is 17.0 Å². The summed E-state index contributed by atoms with van der Waals surface area (Å²) in [6, 6.07) is 8.20.